The molecule has 1 aliphatic heterocycles. The second kappa shape index (κ2) is 6.50. The third kappa shape index (κ3) is 3.15. The summed E-state index contributed by atoms with van der Waals surface area (Å²) in [7, 11) is 4.06. The van der Waals surface area contributed by atoms with Gasteiger partial charge in [-0.1, -0.05) is 0 Å². The van der Waals surface area contributed by atoms with Gasteiger partial charge in [0.1, 0.15) is 5.58 Å². The van der Waals surface area contributed by atoms with Crippen LogP contribution >= 0.6 is 0 Å². The van der Waals surface area contributed by atoms with Gasteiger partial charge >= 0.3 is 5.63 Å². The summed E-state index contributed by atoms with van der Waals surface area (Å²) in [5, 5.41) is 4.16. The minimum absolute atomic E-state index is 0.269. The van der Waals surface area contributed by atoms with Gasteiger partial charge in [0.15, 0.2) is 0 Å². The Morgan fingerprint density at radius 3 is 2.68 bits per heavy atom. The van der Waals surface area contributed by atoms with Crippen molar-refractivity contribution in [1.29, 1.82) is 0 Å². The van der Waals surface area contributed by atoms with E-state index < -0.39 is 0 Å². The number of hydrogen-bond donors (Lipinski definition) is 1. The lowest BCUT2D eigenvalue weighted by Gasteiger charge is -2.34. The van der Waals surface area contributed by atoms with E-state index in [4.69, 9.17) is 4.42 Å². The van der Waals surface area contributed by atoms with E-state index in [1.165, 1.54) is 0 Å². The first-order valence-electron chi connectivity index (χ1n) is 7.82. The number of hydrogen-bond acceptors (Lipinski definition) is 5. The first-order valence-corrected chi connectivity index (χ1v) is 7.82. The Hall–Kier alpha value is -1.85. The van der Waals surface area contributed by atoms with Crippen LogP contribution in [0.2, 0.25) is 0 Å². The molecule has 22 heavy (non-hydrogen) atoms. The fraction of sp³-hybridized carbons (Fsp3) is 0.471. The van der Waals surface area contributed by atoms with E-state index >= 15 is 0 Å². The smallest absolute Gasteiger partial charge is 0.336 e. The molecule has 2 heterocycles. The second-order valence-corrected chi connectivity index (χ2v) is 5.92. The van der Waals surface area contributed by atoms with Crippen LogP contribution in [0.25, 0.3) is 11.0 Å². The number of nitrogens with zero attached hydrogens (tertiary/aromatic N) is 2. The highest BCUT2D eigenvalue weighted by molar-refractivity contribution is 5.83. The van der Waals surface area contributed by atoms with Crippen LogP contribution in [0.15, 0.2) is 33.5 Å². The molecule has 1 saturated heterocycles. The molecule has 5 heteroatoms. The monoisotopic (exact) mass is 301 g/mol. The molecule has 0 spiro atoms. The lowest BCUT2D eigenvalue weighted by Crippen LogP contribution is -2.44. The highest BCUT2D eigenvalue weighted by atomic mass is 16.4. The van der Waals surface area contributed by atoms with E-state index in [0.717, 1.165) is 55.8 Å². The first kappa shape index (κ1) is 15.1. The van der Waals surface area contributed by atoms with Gasteiger partial charge in [-0.25, -0.2) is 4.79 Å². The topological polar surface area (TPSA) is 48.7 Å². The maximum Gasteiger partial charge on any atom is 0.336 e. The van der Waals surface area contributed by atoms with Crippen molar-refractivity contribution < 1.29 is 4.42 Å². The summed E-state index contributed by atoms with van der Waals surface area (Å²) in [5.41, 5.74) is 2.60. The number of likely N-dealkylation sites (N-methyl/N-ethyl adjacent to an activating group) is 2. The summed E-state index contributed by atoms with van der Waals surface area (Å²) in [6.45, 7) is 4.98. The van der Waals surface area contributed by atoms with Gasteiger partial charge in [0.25, 0.3) is 0 Å². The Kier molecular flexibility index (Phi) is 4.45. The average Bonchev–Trinajstić information content (AvgIpc) is 2.52. The maximum atomic E-state index is 11.8. The Labute approximate surface area is 130 Å². The molecule has 0 aliphatic carbocycles. The van der Waals surface area contributed by atoms with Crippen molar-refractivity contribution in [2.45, 2.75) is 6.42 Å². The van der Waals surface area contributed by atoms with Gasteiger partial charge in [-0.2, -0.15) is 0 Å². The molecular formula is C17H23N3O2. The van der Waals surface area contributed by atoms with Crippen LogP contribution in [0.1, 0.15) is 5.56 Å². The lowest BCUT2D eigenvalue weighted by atomic mass is 10.1. The molecule has 0 unspecified atom stereocenters. The van der Waals surface area contributed by atoms with Crippen molar-refractivity contribution in [1.82, 2.24) is 10.2 Å². The van der Waals surface area contributed by atoms with Crippen molar-refractivity contribution in [3.05, 3.63) is 40.2 Å². The average molecular weight is 301 g/mol. The van der Waals surface area contributed by atoms with Gasteiger partial charge in [0.2, 0.25) is 0 Å². The van der Waals surface area contributed by atoms with Gasteiger partial charge in [-0.05, 0) is 44.8 Å². The largest absolute Gasteiger partial charge is 0.423 e. The number of anilines is 1. The number of rotatable bonds is 4. The van der Waals surface area contributed by atoms with Crippen LogP contribution in [0.4, 0.5) is 5.69 Å². The van der Waals surface area contributed by atoms with E-state index in [0.29, 0.717) is 5.58 Å². The van der Waals surface area contributed by atoms with Crippen LogP contribution in [0, 0.1) is 0 Å². The molecule has 1 aliphatic rings. The molecule has 0 radical (unpaired) electrons. The van der Waals surface area contributed by atoms with Crippen LogP contribution in [-0.4, -0.2) is 51.7 Å². The summed E-state index contributed by atoms with van der Waals surface area (Å²) in [5.74, 6) is 0. The highest BCUT2D eigenvalue weighted by Gasteiger charge is 2.15. The quantitative estimate of drug-likeness (QED) is 0.863. The van der Waals surface area contributed by atoms with Gasteiger partial charge in [0, 0.05) is 49.4 Å². The lowest BCUT2D eigenvalue weighted by molar-refractivity contribution is 0.313. The van der Waals surface area contributed by atoms with Gasteiger partial charge < -0.3 is 19.5 Å². The minimum atomic E-state index is -0.269. The molecule has 0 amide bonds. The van der Waals surface area contributed by atoms with Crippen molar-refractivity contribution >= 4 is 16.7 Å². The molecule has 0 bridgehead atoms. The minimum Gasteiger partial charge on any atom is -0.423 e. The molecule has 0 atom stereocenters. The molecule has 1 aromatic heterocycles. The van der Waals surface area contributed by atoms with Crippen LogP contribution in [-0.2, 0) is 6.42 Å². The zero-order valence-electron chi connectivity index (χ0n) is 13.3. The first-order chi connectivity index (χ1) is 10.7. The predicted molar refractivity (Wildman–Crippen MR) is 89.8 cm³/mol. The molecule has 1 N–H and O–H groups in total. The molecular weight excluding hydrogens is 278 g/mol. The fourth-order valence-electron chi connectivity index (χ4n) is 2.95. The molecule has 5 nitrogen and oxygen atoms in total. The molecule has 1 aromatic carbocycles. The van der Waals surface area contributed by atoms with E-state index in [-0.39, 0.29) is 5.63 Å². The fourth-order valence-corrected chi connectivity index (χ4v) is 2.95. The van der Waals surface area contributed by atoms with Crippen molar-refractivity contribution in [3.8, 4) is 0 Å². The number of nitrogens with one attached hydrogen (secondary N) is 1. The molecule has 3 rings (SSSR count). The Morgan fingerprint density at radius 2 is 1.95 bits per heavy atom. The van der Waals surface area contributed by atoms with E-state index in [2.05, 4.69) is 34.3 Å². The second-order valence-electron chi connectivity index (χ2n) is 5.92. The van der Waals surface area contributed by atoms with Gasteiger partial charge in [-0.3, -0.25) is 0 Å². The number of benzene rings is 1. The Balaban J connectivity index is 1.94. The van der Waals surface area contributed by atoms with Gasteiger partial charge in [0.05, 0.1) is 0 Å². The van der Waals surface area contributed by atoms with Crippen LogP contribution in [0.3, 0.4) is 0 Å². The van der Waals surface area contributed by atoms with E-state index in [9.17, 15) is 4.79 Å². The van der Waals surface area contributed by atoms with Gasteiger partial charge in [-0.15, -0.1) is 0 Å². The summed E-state index contributed by atoms with van der Waals surface area (Å²) >= 11 is 0. The summed E-state index contributed by atoms with van der Waals surface area (Å²) in [6.07, 6.45) is 0.826. The third-order valence-electron chi connectivity index (χ3n) is 4.33. The molecule has 118 valence electrons. The normalized spacial score (nSPS) is 16.4. The molecule has 1 fully saturated rings. The Morgan fingerprint density at radius 1 is 1.18 bits per heavy atom. The molecule has 0 saturated carbocycles. The number of piperazine rings is 1. The maximum absolute atomic E-state index is 11.8. The zero-order chi connectivity index (χ0) is 15.5. The van der Waals surface area contributed by atoms with E-state index in [1.54, 1.807) is 6.07 Å². The molecule has 2 aromatic rings. The standard InChI is InChI=1S/C17H23N3O2/c1-18-6-5-13-11-17(21)22-16-12-14(3-4-15(13)16)20-9-7-19(2)8-10-20/h3-4,11-12,18H,5-10H2,1-2H3. The summed E-state index contributed by atoms with van der Waals surface area (Å²) in [6, 6.07) is 7.83. The highest BCUT2D eigenvalue weighted by Crippen LogP contribution is 2.24. The summed E-state index contributed by atoms with van der Waals surface area (Å²) < 4.78 is 5.42. The summed E-state index contributed by atoms with van der Waals surface area (Å²) in [4.78, 5) is 16.5. The Bertz CT molecular complexity index is 703. The van der Waals surface area contributed by atoms with Crippen molar-refractivity contribution in [3.63, 3.8) is 0 Å². The van der Waals surface area contributed by atoms with Crippen molar-refractivity contribution in [2.24, 2.45) is 0 Å². The van der Waals surface area contributed by atoms with Crippen LogP contribution in [0.5, 0.6) is 0 Å². The predicted octanol–water partition coefficient (Wildman–Crippen LogP) is 1.31. The van der Waals surface area contributed by atoms with E-state index in [1.807, 2.05) is 13.1 Å². The van der Waals surface area contributed by atoms with Crippen LogP contribution < -0.4 is 15.8 Å². The third-order valence-corrected chi connectivity index (χ3v) is 4.33. The van der Waals surface area contributed by atoms with Crippen molar-refractivity contribution in [2.75, 3.05) is 51.7 Å². The SMILES string of the molecule is CNCCc1cc(=O)oc2cc(N3CCN(C)CC3)ccc12. The zero-order valence-corrected chi connectivity index (χ0v) is 13.3. The number of fused-ring (bicyclic) bond motifs is 1.